The molecule has 0 spiro atoms. The third-order valence-corrected chi connectivity index (χ3v) is 4.26. The molecule has 1 heterocycles. The number of rotatable bonds is 1. The van der Waals surface area contributed by atoms with E-state index < -0.39 is 0 Å². The zero-order valence-corrected chi connectivity index (χ0v) is 9.13. The van der Waals surface area contributed by atoms with E-state index in [0.717, 1.165) is 17.9 Å². The van der Waals surface area contributed by atoms with Gasteiger partial charge in [0.1, 0.15) is 0 Å². The van der Waals surface area contributed by atoms with Gasteiger partial charge in [-0.1, -0.05) is 26.2 Å². The van der Waals surface area contributed by atoms with Crippen LogP contribution in [0.1, 0.15) is 45.4 Å². The summed E-state index contributed by atoms with van der Waals surface area (Å²) in [7, 11) is 2.32. The molecule has 0 aromatic heterocycles. The summed E-state index contributed by atoms with van der Waals surface area (Å²) in [4.78, 5) is 2.60. The van der Waals surface area contributed by atoms with E-state index in [1.165, 1.54) is 45.1 Å². The predicted molar refractivity (Wildman–Crippen MR) is 56.8 cm³/mol. The molecule has 0 amide bonds. The van der Waals surface area contributed by atoms with Crippen molar-refractivity contribution in [2.24, 2.45) is 11.8 Å². The average molecular weight is 181 g/mol. The first-order chi connectivity index (χ1) is 6.31. The molecule has 0 N–H and O–H groups in total. The second-order valence-corrected chi connectivity index (χ2v) is 5.04. The highest BCUT2D eigenvalue weighted by Gasteiger charge is 2.33. The van der Waals surface area contributed by atoms with Gasteiger partial charge in [-0.3, -0.25) is 0 Å². The SMILES string of the molecule is CCC1CC2CCCCC2CN1C. The fraction of sp³-hybridized carbons (Fsp3) is 1.00. The van der Waals surface area contributed by atoms with Crippen LogP contribution in [-0.4, -0.2) is 24.5 Å². The molecule has 3 unspecified atom stereocenters. The Kier molecular flexibility index (Phi) is 2.92. The van der Waals surface area contributed by atoms with Gasteiger partial charge in [0.15, 0.2) is 0 Å². The lowest BCUT2D eigenvalue weighted by molar-refractivity contribution is 0.0554. The third kappa shape index (κ3) is 1.90. The second-order valence-electron chi connectivity index (χ2n) is 5.04. The van der Waals surface area contributed by atoms with Gasteiger partial charge in [-0.25, -0.2) is 0 Å². The Labute approximate surface area is 82.5 Å². The molecule has 76 valence electrons. The van der Waals surface area contributed by atoms with Crippen LogP contribution in [0.4, 0.5) is 0 Å². The first-order valence-corrected chi connectivity index (χ1v) is 6.01. The van der Waals surface area contributed by atoms with Gasteiger partial charge in [-0.15, -0.1) is 0 Å². The molecule has 1 aliphatic carbocycles. The van der Waals surface area contributed by atoms with Crippen molar-refractivity contribution in [1.82, 2.24) is 4.90 Å². The zero-order valence-electron chi connectivity index (χ0n) is 9.13. The van der Waals surface area contributed by atoms with Crippen LogP contribution in [-0.2, 0) is 0 Å². The van der Waals surface area contributed by atoms with Crippen molar-refractivity contribution in [3.05, 3.63) is 0 Å². The second kappa shape index (κ2) is 4.00. The van der Waals surface area contributed by atoms with Crippen LogP contribution in [0, 0.1) is 11.8 Å². The summed E-state index contributed by atoms with van der Waals surface area (Å²) in [6.45, 7) is 3.72. The Balaban J connectivity index is 1.97. The minimum Gasteiger partial charge on any atom is -0.303 e. The lowest BCUT2D eigenvalue weighted by atomic mass is 9.73. The minimum atomic E-state index is 0.888. The molecule has 2 fully saturated rings. The predicted octanol–water partition coefficient (Wildman–Crippen LogP) is 2.91. The van der Waals surface area contributed by atoms with E-state index in [0.29, 0.717) is 0 Å². The van der Waals surface area contributed by atoms with Crippen LogP contribution in [0.2, 0.25) is 0 Å². The number of fused-ring (bicyclic) bond motifs is 1. The van der Waals surface area contributed by atoms with Crippen molar-refractivity contribution in [2.75, 3.05) is 13.6 Å². The molecule has 0 radical (unpaired) electrons. The molecular weight excluding hydrogens is 158 g/mol. The fourth-order valence-corrected chi connectivity index (χ4v) is 3.36. The number of hydrogen-bond donors (Lipinski definition) is 0. The van der Waals surface area contributed by atoms with Gasteiger partial charge in [0.25, 0.3) is 0 Å². The van der Waals surface area contributed by atoms with Gasteiger partial charge in [0, 0.05) is 12.6 Å². The standard InChI is InChI=1S/C12H23N/c1-3-12-8-10-6-4-5-7-11(10)9-13(12)2/h10-12H,3-9H2,1-2H3. The lowest BCUT2D eigenvalue weighted by Crippen LogP contribution is -2.45. The Morgan fingerprint density at radius 2 is 1.85 bits per heavy atom. The van der Waals surface area contributed by atoms with Gasteiger partial charge >= 0.3 is 0 Å². The molecule has 1 nitrogen and oxygen atoms in total. The topological polar surface area (TPSA) is 3.24 Å². The Morgan fingerprint density at radius 1 is 1.15 bits per heavy atom. The molecule has 1 saturated heterocycles. The molecule has 2 aliphatic rings. The first kappa shape index (κ1) is 9.51. The molecule has 2 rings (SSSR count). The highest BCUT2D eigenvalue weighted by molar-refractivity contribution is 4.87. The number of likely N-dealkylation sites (tertiary alicyclic amines) is 1. The van der Waals surface area contributed by atoms with E-state index in [9.17, 15) is 0 Å². The van der Waals surface area contributed by atoms with Crippen molar-refractivity contribution in [2.45, 2.75) is 51.5 Å². The summed E-state index contributed by atoms with van der Waals surface area (Å²) < 4.78 is 0. The van der Waals surface area contributed by atoms with Crippen LogP contribution >= 0.6 is 0 Å². The highest BCUT2D eigenvalue weighted by Crippen LogP contribution is 2.38. The van der Waals surface area contributed by atoms with E-state index in [1.54, 1.807) is 0 Å². The maximum Gasteiger partial charge on any atom is 0.00924 e. The zero-order chi connectivity index (χ0) is 9.26. The quantitative estimate of drug-likeness (QED) is 0.601. The average Bonchev–Trinajstić information content (AvgIpc) is 2.17. The maximum absolute atomic E-state index is 2.60. The summed E-state index contributed by atoms with van der Waals surface area (Å²) in [6, 6.07) is 0.888. The molecule has 1 saturated carbocycles. The van der Waals surface area contributed by atoms with E-state index in [1.807, 2.05) is 0 Å². The Morgan fingerprint density at radius 3 is 2.54 bits per heavy atom. The summed E-state index contributed by atoms with van der Waals surface area (Å²) in [5.41, 5.74) is 0. The molecule has 0 aromatic carbocycles. The van der Waals surface area contributed by atoms with E-state index >= 15 is 0 Å². The summed E-state index contributed by atoms with van der Waals surface area (Å²) >= 11 is 0. The van der Waals surface area contributed by atoms with Crippen molar-refractivity contribution < 1.29 is 0 Å². The van der Waals surface area contributed by atoms with Crippen LogP contribution in [0.5, 0.6) is 0 Å². The number of nitrogens with zero attached hydrogens (tertiary/aromatic N) is 1. The third-order valence-electron chi connectivity index (χ3n) is 4.26. The van der Waals surface area contributed by atoms with Gasteiger partial charge in [0.05, 0.1) is 0 Å². The Bertz CT molecular complexity index is 167. The van der Waals surface area contributed by atoms with Crippen molar-refractivity contribution in [3.8, 4) is 0 Å². The molecule has 0 bridgehead atoms. The lowest BCUT2D eigenvalue weighted by Gasteiger charge is -2.44. The van der Waals surface area contributed by atoms with Crippen LogP contribution in [0.3, 0.4) is 0 Å². The number of piperidine rings is 1. The highest BCUT2D eigenvalue weighted by atomic mass is 15.1. The first-order valence-electron chi connectivity index (χ1n) is 6.01. The summed E-state index contributed by atoms with van der Waals surface area (Å²) in [5.74, 6) is 2.12. The van der Waals surface area contributed by atoms with Crippen molar-refractivity contribution in [1.29, 1.82) is 0 Å². The van der Waals surface area contributed by atoms with Crippen molar-refractivity contribution in [3.63, 3.8) is 0 Å². The minimum absolute atomic E-state index is 0.888. The largest absolute Gasteiger partial charge is 0.303 e. The number of hydrogen-bond acceptors (Lipinski definition) is 1. The van der Waals surface area contributed by atoms with Crippen LogP contribution in [0.25, 0.3) is 0 Å². The summed E-state index contributed by atoms with van der Waals surface area (Å²) in [5, 5.41) is 0. The van der Waals surface area contributed by atoms with Gasteiger partial charge in [-0.05, 0) is 38.1 Å². The van der Waals surface area contributed by atoms with Gasteiger partial charge in [0.2, 0.25) is 0 Å². The van der Waals surface area contributed by atoms with Crippen LogP contribution < -0.4 is 0 Å². The van der Waals surface area contributed by atoms with E-state index in [2.05, 4.69) is 18.9 Å². The Hall–Kier alpha value is -0.0400. The molecule has 1 aliphatic heterocycles. The normalized spacial score (nSPS) is 41.5. The molecular formula is C12H23N. The molecule has 13 heavy (non-hydrogen) atoms. The smallest absolute Gasteiger partial charge is 0.00924 e. The van der Waals surface area contributed by atoms with Gasteiger partial charge < -0.3 is 4.90 Å². The summed E-state index contributed by atoms with van der Waals surface area (Å²) in [6.07, 6.45) is 8.85. The van der Waals surface area contributed by atoms with Crippen LogP contribution in [0.15, 0.2) is 0 Å². The van der Waals surface area contributed by atoms with Gasteiger partial charge in [-0.2, -0.15) is 0 Å². The van der Waals surface area contributed by atoms with E-state index in [4.69, 9.17) is 0 Å². The maximum atomic E-state index is 2.60. The molecule has 3 atom stereocenters. The fourth-order valence-electron chi connectivity index (χ4n) is 3.36. The van der Waals surface area contributed by atoms with Crippen molar-refractivity contribution >= 4 is 0 Å². The monoisotopic (exact) mass is 181 g/mol. The molecule has 0 aromatic rings. The molecule has 1 heteroatoms. The van der Waals surface area contributed by atoms with E-state index in [-0.39, 0.29) is 0 Å².